The molecule has 0 atom stereocenters. The van der Waals surface area contributed by atoms with Gasteiger partial charge < -0.3 is 20.6 Å². The van der Waals surface area contributed by atoms with E-state index >= 15 is 0 Å². The van der Waals surface area contributed by atoms with Gasteiger partial charge in [-0.3, -0.25) is 4.79 Å². The molecule has 0 fully saturated rings. The van der Waals surface area contributed by atoms with Gasteiger partial charge in [-0.15, -0.1) is 0 Å². The number of carbonyl (C=O) groups is 2. The molecule has 0 heterocycles. The van der Waals surface area contributed by atoms with Gasteiger partial charge in [-0.25, -0.2) is 4.79 Å². The summed E-state index contributed by atoms with van der Waals surface area (Å²) in [7, 11) is 4.86. The predicted octanol–water partition coefficient (Wildman–Crippen LogP) is 5.36. The highest BCUT2D eigenvalue weighted by Crippen LogP contribution is 2.41. The van der Waals surface area contributed by atoms with Gasteiger partial charge in [0.1, 0.15) is 0 Å². The first-order valence-electron chi connectivity index (χ1n) is 7.49. The summed E-state index contributed by atoms with van der Waals surface area (Å²) in [6, 6.07) is 4.16. The van der Waals surface area contributed by atoms with Crippen LogP contribution in [0.2, 0.25) is 20.1 Å². The summed E-state index contributed by atoms with van der Waals surface area (Å²) < 4.78 is 0. The first kappa shape index (κ1) is 21.4. The second kappa shape index (κ2) is 8.44. The standard InChI is InChI=1S/C17H15Cl4N3O3/c1-22-13-8(4-7(18)5-10(13)19)16(25)23-14-11(20)6-9(17(26)27)15(12(14)21)24(2)3/h4-6,22H,1-3H3,(H,23,25)(H,26,27). The molecule has 0 bridgehead atoms. The van der Waals surface area contributed by atoms with Crippen molar-refractivity contribution in [2.75, 3.05) is 36.7 Å². The predicted molar refractivity (Wildman–Crippen MR) is 112 cm³/mol. The van der Waals surface area contributed by atoms with Gasteiger partial charge in [-0.2, -0.15) is 0 Å². The van der Waals surface area contributed by atoms with Gasteiger partial charge in [0, 0.05) is 26.2 Å². The molecule has 3 N–H and O–H groups in total. The SMILES string of the molecule is CNc1c(Cl)cc(Cl)cc1C(=O)Nc1c(Cl)cc(C(=O)O)c(N(C)C)c1Cl. The molecule has 0 unspecified atom stereocenters. The molecule has 2 aromatic rings. The molecular formula is C17H15Cl4N3O3. The molecule has 2 rings (SSSR count). The number of carbonyl (C=O) groups excluding carboxylic acids is 1. The summed E-state index contributed by atoms with van der Waals surface area (Å²) >= 11 is 24.6. The van der Waals surface area contributed by atoms with Crippen molar-refractivity contribution in [3.63, 3.8) is 0 Å². The summed E-state index contributed by atoms with van der Waals surface area (Å²) in [4.78, 5) is 25.8. The van der Waals surface area contributed by atoms with Crippen molar-refractivity contribution >= 4 is 75.3 Å². The van der Waals surface area contributed by atoms with Crippen LogP contribution in [0.3, 0.4) is 0 Å². The Balaban J connectivity index is 2.57. The first-order chi connectivity index (χ1) is 12.6. The van der Waals surface area contributed by atoms with Crippen LogP contribution in [0.25, 0.3) is 0 Å². The molecule has 0 spiro atoms. The number of amides is 1. The fourth-order valence-electron chi connectivity index (χ4n) is 2.51. The first-order valence-corrected chi connectivity index (χ1v) is 9.00. The van der Waals surface area contributed by atoms with Crippen molar-refractivity contribution in [1.29, 1.82) is 0 Å². The van der Waals surface area contributed by atoms with Gasteiger partial charge in [-0.1, -0.05) is 46.4 Å². The average Bonchev–Trinajstić information content (AvgIpc) is 2.56. The van der Waals surface area contributed by atoms with Crippen LogP contribution in [0.15, 0.2) is 18.2 Å². The van der Waals surface area contributed by atoms with E-state index in [1.165, 1.54) is 23.1 Å². The zero-order valence-corrected chi connectivity index (χ0v) is 17.5. The molecule has 6 nitrogen and oxygen atoms in total. The van der Waals surface area contributed by atoms with E-state index in [1.54, 1.807) is 21.1 Å². The number of anilines is 3. The smallest absolute Gasteiger partial charge is 0.337 e. The summed E-state index contributed by atoms with van der Waals surface area (Å²) in [5.41, 5.74) is 0.753. The molecule has 0 aliphatic heterocycles. The quantitative estimate of drug-likeness (QED) is 0.571. The minimum atomic E-state index is -1.19. The Kier molecular flexibility index (Phi) is 6.70. The van der Waals surface area contributed by atoms with Gasteiger partial charge in [0.2, 0.25) is 0 Å². The van der Waals surface area contributed by atoms with Crippen molar-refractivity contribution in [2.45, 2.75) is 0 Å². The van der Waals surface area contributed by atoms with Crippen LogP contribution in [-0.2, 0) is 0 Å². The molecule has 0 aliphatic carbocycles. The lowest BCUT2D eigenvalue weighted by atomic mass is 10.1. The van der Waals surface area contributed by atoms with Crippen molar-refractivity contribution in [3.8, 4) is 0 Å². The Hall–Kier alpha value is -1.86. The zero-order valence-electron chi connectivity index (χ0n) is 14.5. The number of carboxylic acid groups (broad SMARTS) is 1. The van der Waals surface area contributed by atoms with Crippen molar-refractivity contribution in [2.24, 2.45) is 0 Å². The maximum absolute atomic E-state index is 12.8. The molecule has 1 amide bonds. The summed E-state index contributed by atoms with van der Waals surface area (Å²) in [6.45, 7) is 0. The number of benzene rings is 2. The van der Waals surface area contributed by atoms with Crippen LogP contribution < -0.4 is 15.5 Å². The van der Waals surface area contributed by atoms with E-state index in [9.17, 15) is 14.7 Å². The molecule has 27 heavy (non-hydrogen) atoms. The number of hydrogen-bond acceptors (Lipinski definition) is 4. The number of carboxylic acids is 1. The van der Waals surface area contributed by atoms with Crippen molar-refractivity contribution in [1.82, 2.24) is 0 Å². The highest BCUT2D eigenvalue weighted by Gasteiger charge is 2.24. The third kappa shape index (κ3) is 4.35. The Labute approximate surface area is 176 Å². The topological polar surface area (TPSA) is 81.7 Å². The van der Waals surface area contributed by atoms with Crippen molar-refractivity contribution in [3.05, 3.63) is 49.4 Å². The third-order valence-corrected chi connectivity index (χ3v) is 4.84. The van der Waals surface area contributed by atoms with E-state index < -0.39 is 11.9 Å². The summed E-state index contributed by atoms with van der Waals surface area (Å²) in [5.74, 6) is -1.76. The van der Waals surface area contributed by atoms with Crippen LogP contribution in [0, 0.1) is 0 Å². The number of nitrogens with one attached hydrogen (secondary N) is 2. The van der Waals surface area contributed by atoms with Gasteiger partial charge in [0.25, 0.3) is 5.91 Å². The fraction of sp³-hybridized carbons (Fsp3) is 0.176. The second-order valence-corrected chi connectivity index (χ2v) is 7.29. The number of aromatic carboxylic acids is 1. The van der Waals surface area contributed by atoms with Crippen LogP contribution >= 0.6 is 46.4 Å². The molecule has 144 valence electrons. The minimum Gasteiger partial charge on any atom is -0.478 e. The van der Waals surface area contributed by atoms with E-state index in [0.717, 1.165) is 0 Å². The number of nitrogens with zero attached hydrogens (tertiary/aromatic N) is 1. The maximum Gasteiger partial charge on any atom is 0.337 e. The number of hydrogen-bond donors (Lipinski definition) is 3. The highest BCUT2D eigenvalue weighted by atomic mass is 35.5. The summed E-state index contributed by atoms with van der Waals surface area (Å²) in [6.07, 6.45) is 0. The molecule has 2 aromatic carbocycles. The Bertz CT molecular complexity index is 932. The molecule has 10 heteroatoms. The second-order valence-electron chi connectivity index (χ2n) is 5.66. The van der Waals surface area contributed by atoms with Crippen LogP contribution in [0.5, 0.6) is 0 Å². The lowest BCUT2D eigenvalue weighted by Gasteiger charge is -2.21. The third-order valence-electron chi connectivity index (χ3n) is 3.66. The number of halogens is 4. The van der Waals surface area contributed by atoms with Crippen LogP contribution in [0.1, 0.15) is 20.7 Å². The van der Waals surface area contributed by atoms with Gasteiger partial charge in [0.05, 0.1) is 43.3 Å². The molecule has 0 aliphatic rings. The summed E-state index contributed by atoms with van der Waals surface area (Å²) in [5, 5.41) is 15.3. The van der Waals surface area contributed by atoms with E-state index in [4.69, 9.17) is 46.4 Å². The largest absolute Gasteiger partial charge is 0.478 e. The molecule has 0 aromatic heterocycles. The zero-order chi connectivity index (χ0) is 20.5. The lowest BCUT2D eigenvalue weighted by molar-refractivity contribution is 0.0697. The molecular weight excluding hydrogens is 436 g/mol. The lowest BCUT2D eigenvalue weighted by Crippen LogP contribution is -2.18. The van der Waals surface area contributed by atoms with Crippen molar-refractivity contribution < 1.29 is 14.7 Å². The van der Waals surface area contributed by atoms with E-state index in [-0.39, 0.29) is 42.6 Å². The average molecular weight is 451 g/mol. The van der Waals surface area contributed by atoms with Gasteiger partial charge in [0.15, 0.2) is 0 Å². The Morgan fingerprint density at radius 3 is 2.07 bits per heavy atom. The van der Waals surface area contributed by atoms with Gasteiger partial charge >= 0.3 is 5.97 Å². The minimum absolute atomic E-state index is 0.00242. The maximum atomic E-state index is 12.8. The fourth-order valence-corrected chi connectivity index (χ4v) is 3.82. The number of rotatable bonds is 5. The Morgan fingerprint density at radius 1 is 0.963 bits per heavy atom. The van der Waals surface area contributed by atoms with E-state index in [0.29, 0.717) is 5.69 Å². The monoisotopic (exact) mass is 449 g/mol. The van der Waals surface area contributed by atoms with E-state index in [1.807, 2.05) is 0 Å². The normalized spacial score (nSPS) is 10.5. The van der Waals surface area contributed by atoms with Gasteiger partial charge in [-0.05, 0) is 18.2 Å². The Morgan fingerprint density at radius 2 is 1.56 bits per heavy atom. The van der Waals surface area contributed by atoms with E-state index in [2.05, 4.69) is 10.6 Å². The molecule has 0 radical (unpaired) electrons. The highest BCUT2D eigenvalue weighted by molar-refractivity contribution is 6.43. The molecule has 0 saturated carbocycles. The molecule has 0 saturated heterocycles. The van der Waals surface area contributed by atoms with Crippen LogP contribution in [-0.4, -0.2) is 38.1 Å². The van der Waals surface area contributed by atoms with Crippen LogP contribution in [0.4, 0.5) is 17.1 Å².